The first-order chi connectivity index (χ1) is 13.2. The number of hydrogen-bond acceptors (Lipinski definition) is 3. The molecular weight excluding hydrogens is 340 g/mol. The van der Waals surface area contributed by atoms with E-state index < -0.39 is 0 Å². The van der Waals surface area contributed by atoms with Gasteiger partial charge in [0.1, 0.15) is 0 Å². The van der Waals surface area contributed by atoms with Gasteiger partial charge in [-0.2, -0.15) is 0 Å². The van der Waals surface area contributed by atoms with E-state index in [4.69, 9.17) is 9.94 Å². The molecule has 1 amide bonds. The number of oxime groups is 1. The lowest BCUT2D eigenvalue weighted by Crippen LogP contribution is -2.32. The summed E-state index contributed by atoms with van der Waals surface area (Å²) in [6.07, 6.45) is 21.8. The first-order valence-corrected chi connectivity index (χ1v) is 11.1. The van der Waals surface area contributed by atoms with E-state index in [0.717, 1.165) is 12.8 Å². The average Bonchev–Trinajstić information content (AvgIpc) is 3.08. The summed E-state index contributed by atoms with van der Waals surface area (Å²) in [5, 5.41) is 15.4. The molecule has 27 heavy (non-hydrogen) atoms. The average molecular weight is 381 g/mol. The van der Waals surface area contributed by atoms with Gasteiger partial charge >= 0.3 is 0 Å². The third kappa shape index (κ3) is 14.2. The summed E-state index contributed by atoms with van der Waals surface area (Å²) in [6.45, 7) is 2.68. The van der Waals surface area contributed by atoms with Crippen LogP contribution in [0.1, 0.15) is 103 Å². The Kier molecular flexibility index (Phi) is 14.5. The topological polar surface area (TPSA) is 70.9 Å². The van der Waals surface area contributed by atoms with Crippen molar-refractivity contribution in [2.45, 2.75) is 109 Å². The lowest BCUT2D eigenvalue weighted by molar-refractivity contribution is -0.121. The molecule has 5 nitrogen and oxygen atoms in total. The Balaban J connectivity index is 1.78. The molecule has 2 N–H and O–H groups in total. The smallest absolute Gasteiger partial charge is 0.227 e. The van der Waals surface area contributed by atoms with E-state index >= 15 is 0 Å². The molecular formula is C22H40N2O3. The Morgan fingerprint density at radius 1 is 1.04 bits per heavy atom. The first-order valence-electron chi connectivity index (χ1n) is 11.1. The molecule has 1 atom stereocenters. The van der Waals surface area contributed by atoms with Crippen LogP contribution in [0.2, 0.25) is 0 Å². The second-order valence-corrected chi connectivity index (χ2v) is 7.58. The minimum absolute atomic E-state index is 0.00602. The van der Waals surface area contributed by atoms with Crippen molar-refractivity contribution in [3.63, 3.8) is 0 Å². The number of carbonyl (C=O) groups excluding carboxylic acids is 1. The van der Waals surface area contributed by atoms with E-state index in [0.29, 0.717) is 19.4 Å². The van der Waals surface area contributed by atoms with Crippen molar-refractivity contribution >= 4 is 11.8 Å². The van der Waals surface area contributed by atoms with Gasteiger partial charge in [-0.3, -0.25) is 4.79 Å². The molecule has 0 aliphatic carbocycles. The molecule has 156 valence electrons. The SMILES string of the molecule is CCCCCCCC/C=C/CCCCCCCC(=O)NCC1CC(O)=NO1. The molecule has 0 saturated carbocycles. The zero-order chi connectivity index (χ0) is 19.6. The molecule has 0 radical (unpaired) electrons. The lowest BCUT2D eigenvalue weighted by Gasteiger charge is -2.09. The summed E-state index contributed by atoms with van der Waals surface area (Å²) in [6, 6.07) is 0. The molecule has 1 aliphatic rings. The van der Waals surface area contributed by atoms with Crippen molar-refractivity contribution in [1.82, 2.24) is 5.32 Å². The van der Waals surface area contributed by atoms with Crippen LogP contribution >= 0.6 is 0 Å². The summed E-state index contributed by atoms with van der Waals surface area (Å²) < 4.78 is 0. The van der Waals surface area contributed by atoms with E-state index in [2.05, 4.69) is 29.5 Å². The Morgan fingerprint density at radius 3 is 2.22 bits per heavy atom. The normalized spacial score (nSPS) is 16.5. The largest absolute Gasteiger partial charge is 0.494 e. The van der Waals surface area contributed by atoms with Crippen molar-refractivity contribution in [2.75, 3.05) is 6.54 Å². The van der Waals surface area contributed by atoms with Crippen LogP contribution in [0.3, 0.4) is 0 Å². The van der Waals surface area contributed by atoms with Gasteiger partial charge in [-0.1, -0.05) is 75.6 Å². The number of amides is 1. The molecule has 0 spiro atoms. The van der Waals surface area contributed by atoms with Gasteiger partial charge in [0.2, 0.25) is 11.8 Å². The fraction of sp³-hybridized carbons (Fsp3) is 0.818. The van der Waals surface area contributed by atoms with Gasteiger partial charge in [0.05, 0.1) is 13.0 Å². The van der Waals surface area contributed by atoms with E-state index in [1.165, 1.54) is 70.6 Å². The minimum atomic E-state index is -0.219. The zero-order valence-corrected chi connectivity index (χ0v) is 17.3. The first kappa shape index (κ1) is 23.5. The quantitative estimate of drug-likeness (QED) is 0.247. The van der Waals surface area contributed by atoms with E-state index in [-0.39, 0.29) is 17.9 Å². The molecule has 0 aromatic rings. The highest BCUT2D eigenvalue weighted by atomic mass is 16.7. The van der Waals surface area contributed by atoms with Crippen molar-refractivity contribution in [3.8, 4) is 0 Å². The second kappa shape index (κ2) is 16.6. The van der Waals surface area contributed by atoms with Crippen molar-refractivity contribution in [2.24, 2.45) is 5.16 Å². The molecule has 1 aliphatic heterocycles. The molecule has 0 bridgehead atoms. The number of rotatable bonds is 17. The van der Waals surface area contributed by atoms with Crippen LogP contribution in [0, 0.1) is 0 Å². The van der Waals surface area contributed by atoms with Gasteiger partial charge in [0, 0.05) is 6.42 Å². The summed E-state index contributed by atoms with van der Waals surface area (Å²) >= 11 is 0. The predicted molar refractivity (Wildman–Crippen MR) is 112 cm³/mol. The van der Waals surface area contributed by atoms with Gasteiger partial charge in [0.25, 0.3) is 0 Å². The molecule has 1 rings (SSSR count). The van der Waals surface area contributed by atoms with Gasteiger partial charge < -0.3 is 15.3 Å². The predicted octanol–water partition coefficient (Wildman–Crippen LogP) is 5.80. The second-order valence-electron chi connectivity index (χ2n) is 7.58. The molecule has 0 saturated heterocycles. The van der Waals surface area contributed by atoms with Crippen molar-refractivity contribution in [1.29, 1.82) is 0 Å². The number of unbranched alkanes of at least 4 members (excludes halogenated alkanes) is 11. The van der Waals surface area contributed by atoms with Crippen LogP contribution in [0.4, 0.5) is 0 Å². The van der Waals surface area contributed by atoms with Gasteiger partial charge in [0.15, 0.2) is 6.10 Å². The van der Waals surface area contributed by atoms with Crippen LogP contribution in [-0.4, -0.2) is 29.6 Å². The van der Waals surface area contributed by atoms with Crippen LogP contribution in [0.25, 0.3) is 0 Å². The highest BCUT2D eigenvalue weighted by molar-refractivity contribution is 5.77. The Hall–Kier alpha value is -1.52. The van der Waals surface area contributed by atoms with Crippen molar-refractivity contribution in [3.05, 3.63) is 12.2 Å². The fourth-order valence-electron chi connectivity index (χ4n) is 3.20. The maximum absolute atomic E-state index is 11.7. The number of allylic oxidation sites excluding steroid dienone is 2. The number of aliphatic hydroxyl groups is 1. The maximum atomic E-state index is 11.7. The monoisotopic (exact) mass is 380 g/mol. The van der Waals surface area contributed by atoms with Crippen molar-refractivity contribution < 1.29 is 14.7 Å². The highest BCUT2D eigenvalue weighted by Crippen LogP contribution is 2.10. The maximum Gasteiger partial charge on any atom is 0.227 e. The number of nitrogens with one attached hydrogen (secondary N) is 1. The van der Waals surface area contributed by atoms with Crippen LogP contribution < -0.4 is 5.32 Å². The summed E-state index contributed by atoms with van der Waals surface area (Å²) in [5.74, 6) is 0.0640. The Bertz CT molecular complexity index is 435. The van der Waals surface area contributed by atoms with E-state index in [9.17, 15) is 4.79 Å². The molecule has 1 heterocycles. The molecule has 0 aromatic carbocycles. The Morgan fingerprint density at radius 2 is 1.63 bits per heavy atom. The standard InChI is InChI=1S/C22H40N2O3/c1-2-3-4-5-6-7-8-9-10-11-12-13-14-15-16-17-21(25)23-19-20-18-22(26)24-27-20/h9-10,20H,2-8,11-19H2,1H3,(H,23,25)(H,24,26)/b10-9+. The number of carbonyl (C=O) groups is 1. The van der Waals surface area contributed by atoms with Gasteiger partial charge in [-0.25, -0.2) is 0 Å². The third-order valence-corrected chi connectivity index (χ3v) is 4.91. The van der Waals surface area contributed by atoms with Crippen LogP contribution in [0.5, 0.6) is 0 Å². The fourth-order valence-corrected chi connectivity index (χ4v) is 3.20. The summed E-state index contributed by atoms with van der Waals surface area (Å²) in [4.78, 5) is 16.7. The summed E-state index contributed by atoms with van der Waals surface area (Å²) in [7, 11) is 0. The van der Waals surface area contributed by atoms with Crippen LogP contribution in [0.15, 0.2) is 17.3 Å². The molecule has 0 fully saturated rings. The summed E-state index contributed by atoms with van der Waals surface area (Å²) in [5.41, 5.74) is 0. The molecule has 0 aromatic heterocycles. The zero-order valence-electron chi connectivity index (χ0n) is 17.3. The number of nitrogens with zero attached hydrogens (tertiary/aromatic N) is 1. The van der Waals surface area contributed by atoms with E-state index in [1.54, 1.807) is 0 Å². The number of aliphatic hydroxyl groups excluding tert-OH is 1. The molecule has 5 heteroatoms. The number of hydrogen-bond donors (Lipinski definition) is 2. The van der Waals surface area contributed by atoms with Crippen LogP contribution in [-0.2, 0) is 9.63 Å². The van der Waals surface area contributed by atoms with Gasteiger partial charge in [-0.05, 0) is 32.1 Å². The Labute approximate surface area is 165 Å². The molecule has 1 unspecified atom stereocenters. The van der Waals surface area contributed by atoms with Gasteiger partial charge in [-0.15, -0.1) is 0 Å². The highest BCUT2D eigenvalue weighted by Gasteiger charge is 2.20. The van der Waals surface area contributed by atoms with E-state index in [1.807, 2.05) is 0 Å². The lowest BCUT2D eigenvalue weighted by atomic mass is 10.1. The third-order valence-electron chi connectivity index (χ3n) is 4.91. The minimum Gasteiger partial charge on any atom is -0.494 e.